The molecular formula is C19H23N3O2. The van der Waals surface area contributed by atoms with Crippen LogP contribution in [0.4, 0.5) is 0 Å². The summed E-state index contributed by atoms with van der Waals surface area (Å²) in [6, 6.07) is 8.63. The van der Waals surface area contributed by atoms with Crippen LogP contribution < -0.4 is 0 Å². The molecule has 3 atom stereocenters. The van der Waals surface area contributed by atoms with Crippen molar-refractivity contribution in [1.82, 2.24) is 14.9 Å². The zero-order chi connectivity index (χ0) is 16.2. The molecule has 0 aromatic carbocycles. The van der Waals surface area contributed by atoms with Gasteiger partial charge in [0, 0.05) is 50.5 Å². The normalized spacial score (nSPS) is 27.1. The molecule has 0 unspecified atom stereocenters. The molecule has 2 aliphatic heterocycles. The predicted octanol–water partition coefficient (Wildman–Crippen LogP) is 2.43. The lowest BCUT2D eigenvalue weighted by Gasteiger charge is -2.32. The summed E-state index contributed by atoms with van der Waals surface area (Å²) in [5, 5.41) is 0. The SMILES string of the molecule is c1cc(CO[C@H]2CN(Cc3ccncc3)[C@@H]3CCCO[C@H]23)ccn1. The number of hydrogen-bond donors (Lipinski definition) is 0. The molecule has 0 amide bonds. The van der Waals surface area contributed by atoms with Crippen LogP contribution in [-0.4, -0.2) is 46.3 Å². The van der Waals surface area contributed by atoms with Crippen molar-refractivity contribution in [2.75, 3.05) is 13.2 Å². The van der Waals surface area contributed by atoms with Crippen molar-refractivity contribution in [3.05, 3.63) is 60.2 Å². The number of aromatic nitrogens is 2. The minimum Gasteiger partial charge on any atom is -0.374 e. The summed E-state index contributed by atoms with van der Waals surface area (Å²) >= 11 is 0. The van der Waals surface area contributed by atoms with E-state index in [1.165, 1.54) is 12.0 Å². The number of fused-ring (bicyclic) bond motifs is 1. The highest BCUT2D eigenvalue weighted by Crippen LogP contribution is 2.32. The average molecular weight is 325 g/mol. The number of rotatable bonds is 5. The highest BCUT2D eigenvalue weighted by atomic mass is 16.5. The molecule has 0 bridgehead atoms. The second-order valence-corrected chi connectivity index (χ2v) is 6.53. The Morgan fingerprint density at radius 1 is 1.04 bits per heavy atom. The number of hydrogen-bond acceptors (Lipinski definition) is 5. The Labute approximate surface area is 142 Å². The highest BCUT2D eigenvalue weighted by molar-refractivity contribution is 5.12. The van der Waals surface area contributed by atoms with Gasteiger partial charge in [-0.05, 0) is 48.2 Å². The van der Waals surface area contributed by atoms with Crippen LogP contribution >= 0.6 is 0 Å². The Bertz CT molecular complexity index is 638. The quantitative estimate of drug-likeness (QED) is 0.845. The molecule has 0 radical (unpaired) electrons. The topological polar surface area (TPSA) is 47.5 Å². The number of likely N-dealkylation sites (tertiary alicyclic amines) is 1. The van der Waals surface area contributed by atoms with E-state index in [0.717, 1.165) is 31.7 Å². The summed E-state index contributed by atoms with van der Waals surface area (Å²) in [6.45, 7) is 3.31. The molecule has 4 heterocycles. The Morgan fingerprint density at radius 2 is 1.75 bits per heavy atom. The smallest absolute Gasteiger partial charge is 0.100 e. The summed E-state index contributed by atoms with van der Waals surface area (Å²) in [4.78, 5) is 10.7. The van der Waals surface area contributed by atoms with Crippen LogP contribution in [0.5, 0.6) is 0 Å². The van der Waals surface area contributed by atoms with Crippen molar-refractivity contribution in [3.63, 3.8) is 0 Å². The summed E-state index contributed by atoms with van der Waals surface area (Å²) in [5.41, 5.74) is 2.45. The van der Waals surface area contributed by atoms with E-state index in [2.05, 4.69) is 27.0 Å². The van der Waals surface area contributed by atoms with E-state index in [1.54, 1.807) is 0 Å². The number of pyridine rings is 2. The van der Waals surface area contributed by atoms with Crippen LogP contribution in [0.25, 0.3) is 0 Å². The van der Waals surface area contributed by atoms with E-state index in [0.29, 0.717) is 12.6 Å². The number of nitrogens with zero attached hydrogens (tertiary/aromatic N) is 3. The zero-order valence-electron chi connectivity index (χ0n) is 13.8. The molecule has 2 aromatic rings. The predicted molar refractivity (Wildman–Crippen MR) is 90.2 cm³/mol. The molecule has 5 nitrogen and oxygen atoms in total. The van der Waals surface area contributed by atoms with Gasteiger partial charge in [-0.25, -0.2) is 0 Å². The van der Waals surface area contributed by atoms with Crippen LogP contribution in [0.15, 0.2) is 49.1 Å². The van der Waals surface area contributed by atoms with E-state index in [1.807, 2.05) is 36.9 Å². The standard InChI is InChI=1S/C19H23N3O2/c1-2-17-19(23-11-1)18(24-14-16-5-9-21-10-6-16)13-22(17)12-15-3-7-20-8-4-15/h3-10,17-19H,1-2,11-14H2/t17-,18+,19+/m1/s1. The fourth-order valence-corrected chi connectivity index (χ4v) is 3.74. The van der Waals surface area contributed by atoms with Crippen LogP contribution in [0.1, 0.15) is 24.0 Å². The molecule has 2 aromatic heterocycles. The van der Waals surface area contributed by atoms with Gasteiger partial charge in [-0.2, -0.15) is 0 Å². The molecule has 4 rings (SSSR count). The molecule has 24 heavy (non-hydrogen) atoms. The van der Waals surface area contributed by atoms with Crippen molar-refractivity contribution < 1.29 is 9.47 Å². The largest absolute Gasteiger partial charge is 0.374 e. The molecule has 2 fully saturated rings. The zero-order valence-corrected chi connectivity index (χ0v) is 13.8. The van der Waals surface area contributed by atoms with Gasteiger partial charge in [-0.3, -0.25) is 14.9 Å². The maximum Gasteiger partial charge on any atom is 0.100 e. The van der Waals surface area contributed by atoms with Crippen LogP contribution in [0.3, 0.4) is 0 Å². The fourth-order valence-electron chi connectivity index (χ4n) is 3.74. The maximum atomic E-state index is 6.22. The first-order valence-corrected chi connectivity index (χ1v) is 8.65. The minimum absolute atomic E-state index is 0.130. The van der Waals surface area contributed by atoms with Crippen molar-refractivity contribution in [2.45, 2.75) is 44.2 Å². The van der Waals surface area contributed by atoms with Crippen molar-refractivity contribution >= 4 is 0 Å². The number of ether oxygens (including phenoxy) is 2. The first kappa shape index (κ1) is 15.7. The van der Waals surface area contributed by atoms with Gasteiger partial charge in [0.15, 0.2) is 0 Å². The molecule has 2 saturated heterocycles. The Morgan fingerprint density at radius 3 is 2.50 bits per heavy atom. The summed E-state index contributed by atoms with van der Waals surface area (Å²) in [6.07, 6.45) is 9.96. The average Bonchev–Trinajstić information content (AvgIpc) is 3.00. The third-order valence-corrected chi connectivity index (χ3v) is 4.93. The molecule has 0 saturated carbocycles. The molecule has 0 N–H and O–H groups in total. The Hall–Kier alpha value is -1.82. The van der Waals surface area contributed by atoms with E-state index in [4.69, 9.17) is 9.47 Å². The highest BCUT2D eigenvalue weighted by Gasteiger charge is 2.44. The lowest BCUT2D eigenvalue weighted by molar-refractivity contribution is -0.0819. The summed E-state index contributed by atoms with van der Waals surface area (Å²) < 4.78 is 12.3. The summed E-state index contributed by atoms with van der Waals surface area (Å²) in [5.74, 6) is 0. The third-order valence-electron chi connectivity index (χ3n) is 4.93. The molecular weight excluding hydrogens is 302 g/mol. The van der Waals surface area contributed by atoms with E-state index in [-0.39, 0.29) is 12.2 Å². The van der Waals surface area contributed by atoms with Gasteiger partial charge < -0.3 is 9.47 Å². The summed E-state index contributed by atoms with van der Waals surface area (Å²) in [7, 11) is 0. The molecule has 2 aliphatic rings. The molecule has 0 spiro atoms. The van der Waals surface area contributed by atoms with Gasteiger partial charge >= 0.3 is 0 Å². The second-order valence-electron chi connectivity index (χ2n) is 6.53. The lowest BCUT2D eigenvalue weighted by Crippen LogP contribution is -2.41. The van der Waals surface area contributed by atoms with Crippen molar-refractivity contribution in [2.24, 2.45) is 0 Å². The van der Waals surface area contributed by atoms with Crippen molar-refractivity contribution in [1.29, 1.82) is 0 Å². The fraction of sp³-hybridized carbons (Fsp3) is 0.474. The Balaban J connectivity index is 1.43. The molecule has 5 heteroatoms. The lowest BCUT2D eigenvalue weighted by atomic mass is 10.0. The van der Waals surface area contributed by atoms with Gasteiger partial charge in [-0.1, -0.05) is 0 Å². The van der Waals surface area contributed by atoms with Crippen LogP contribution in [-0.2, 0) is 22.6 Å². The van der Waals surface area contributed by atoms with E-state index in [9.17, 15) is 0 Å². The van der Waals surface area contributed by atoms with Crippen LogP contribution in [0.2, 0.25) is 0 Å². The van der Waals surface area contributed by atoms with E-state index >= 15 is 0 Å². The second kappa shape index (κ2) is 7.38. The van der Waals surface area contributed by atoms with Gasteiger partial charge in [0.25, 0.3) is 0 Å². The first-order chi connectivity index (χ1) is 11.9. The first-order valence-electron chi connectivity index (χ1n) is 8.65. The van der Waals surface area contributed by atoms with Crippen LogP contribution in [0, 0.1) is 0 Å². The van der Waals surface area contributed by atoms with Gasteiger partial charge in [0.1, 0.15) is 6.10 Å². The van der Waals surface area contributed by atoms with Gasteiger partial charge in [0.2, 0.25) is 0 Å². The Kier molecular flexibility index (Phi) is 4.83. The van der Waals surface area contributed by atoms with Crippen molar-refractivity contribution in [3.8, 4) is 0 Å². The minimum atomic E-state index is 0.130. The monoisotopic (exact) mass is 325 g/mol. The maximum absolute atomic E-state index is 6.22. The molecule has 126 valence electrons. The van der Waals surface area contributed by atoms with E-state index < -0.39 is 0 Å². The van der Waals surface area contributed by atoms with Gasteiger partial charge in [-0.15, -0.1) is 0 Å². The van der Waals surface area contributed by atoms with Gasteiger partial charge in [0.05, 0.1) is 12.7 Å². The third kappa shape index (κ3) is 3.48. The molecule has 0 aliphatic carbocycles.